The standard InChI is InChI=1S/C15H15BrN2O2/c16-10-4-5-11(18-9-10)8-13(17)12-2-1-3-14-15(12)20-7-6-19-14/h1-5,9,13H,6-8,17H2. The summed E-state index contributed by atoms with van der Waals surface area (Å²) in [5.41, 5.74) is 8.22. The van der Waals surface area contributed by atoms with Crippen LogP contribution in [0, 0.1) is 0 Å². The molecule has 1 atom stereocenters. The molecule has 4 nitrogen and oxygen atoms in total. The number of para-hydroxylation sites is 1. The minimum absolute atomic E-state index is 0.166. The number of nitrogens with zero attached hydrogens (tertiary/aromatic N) is 1. The smallest absolute Gasteiger partial charge is 0.166 e. The van der Waals surface area contributed by atoms with Gasteiger partial charge in [-0.1, -0.05) is 12.1 Å². The molecule has 0 amide bonds. The van der Waals surface area contributed by atoms with Gasteiger partial charge in [0.25, 0.3) is 0 Å². The van der Waals surface area contributed by atoms with E-state index in [9.17, 15) is 0 Å². The second kappa shape index (κ2) is 5.81. The molecule has 104 valence electrons. The summed E-state index contributed by atoms with van der Waals surface area (Å²) < 4.78 is 12.2. The summed E-state index contributed by atoms with van der Waals surface area (Å²) in [4.78, 5) is 4.36. The fraction of sp³-hybridized carbons (Fsp3) is 0.267. The van der Waals surface area contributed by atoms with Gasteiger partial charge in [0.2, 0.25) is 0 Å². The molecule has 2 heterocycles. The van der Waals surface area contributed by atoms with E-state index < -0.39 is 0 Å². The number of fused-ring (bicyclic) bond motifs is 1. The highest BCUT2D eigenvalue weighted by atomic mass is 79.9. The summed E-state index contributed by atoms with van der Waals surface area (Å²) in [7, 11) is 0. The van der Waals surface area contributed by atoms with E-state index in [0.717, 1.165) is 27.2 Å². The van der Waals surface area contributed by atoms with Crippen LogP contribution in [0.2, 0.25) is 0 Å². The lowest BCUT2D eigenvalue weighted by molar-refractivity contribution is 0.169. The van der Waals surface area contributed by atoms with Crippen LogP contribution in [0.4, 0.5) is 0 Å². The lowest BCUT2D eigenvalue weighted by Gasteiger charge is -2.23. The van der Waals surface area contributed by atoms with Crippen molar-refractivity contribution >= 4 is 15.9 Å². The maximum absolute atomic E-state index is 6.30. The molecule has 0 bridgehead atoms. The number of hydrogen-bond acceptors (Lipinski definition) is 4. The van der Waals surface area contributed by atoms with Crippen molar-refractivity contribution in [1.82, 2.24) is 4.98 Å². The summed E-state index contributed by atoms with van der Waals surface area (Å²) in [6.45, 7) is 1.15. The van der Waals surface area contributed by atoms with Crippen LogP contribution in [0.3, 0.4) is 0 Å². The molecule has 20 heavy (non-hydrogen) atoms. The fourth-order valence-corrected chi connectivity index (χ4v) is 2.49. The lowest BCUT2D eigenvalue weighted by Crippen LogP contribution is -2.20. The van der Waals surface area contributed by atoms with Gasteiger partial charge in [-0.3, -0.25) is 4.98 Å². The summed E-state index contributed by atoms with van der Waals surface area (Å²) in [5.74, 6) is 1.54. The average molecular weight is 335 g/mol. The topological polar surface area (TPSA) is 57.4 Å². The number of nitrogens with two attached hydrogens (primary N) is 1. The van der Waals surface area contributed by atoms with Gasteiger partial charge in [-0.25, -0.2) is 0 Å². The van der Waals surface area contributed by atoms with Crippen molar-refractivity contribution in [2.45, 2.75) is 12.5 Å². The Balaban J connectivity index is 1.83. The number of ether oxygens (including phenoxy) is 2. The molecule has 0 saturated heterocycles. The monoisotopic (exact) mass is 334 g/mol. The van der Waals surface area contributed by atoms with Gasteiger partial charge in [0.05, 0.1) is 0 Å². The van der Waals surface area contributed by atoms with Crippen LogP contribution >= 0.6 is 15.9 Å². The molecule has 0 fully saturated rings. The largest absolute Gasteiger partial charge is 0.486 e. The second-order valence-electron chi connectivity index (χ2n) is 4.65. The Morgan fingerprint density at radius 1 is 1.20 bits per heavy atom. The third-order valence-corrected chi connectivity index (χ3v) is 3.68. The summed E-state index contributed by atoms with van der Waals surface area (Å²) in [6.07, 6.45) is 2.44. The molecule has 0 radical (unpaired) electrons. The number of pyridine rings is 1. The molecule has 1 unspecified atom stereocenters. The number of aromatic nitrogens is 1. The van der Waals surface area contributed by atoms with E-state index >= 15 is 0 Å². The van der Waals surface area contributed by atoms with Crippen LogP contribution < -0.4 is 15.2 Å². The first-order valence-electron chi connectivity index (χ1n) is 6.48. The minimum Gasteiger partial charge on any atom is -0.486 e. The molecule has 1 aliphatic heterocycles. The highest BCUT2D eigenvalue weighted by Crippen LogP contribution is 2.36. The molecule has 2 aromatic rings. The van der Waals surface area contributed by atoms with E-state index in [1.165, 1.54) is 0 Å². The van der Waals surface area contributed by atoms with Crippen molar-refractivity contribution in [2.75, 3.05) is 13.2 Å². The highest BCUT2D eigenvalue weighted by Gasteiger charge is 2.20. The van der Waals surface area contributed by atoms with Crippen LogP contribution in [0.5, 0.6) is 11.5 Å². The normalized spacial score (nSPS) is 14.9. The predicted octanol–water partition coefficient (Wildman–Crippen LogP) is 2.86. The molecule has 3 rings (SSSR count). The number of halogens is 1. The predicted molar refractivity (Wildman–Crippen MR) is 80.0 cm³/mol. The van der Waals surface area contributed by atoms with E-state index in [1.54, 1.807) is 6.20 Å². The number of rotatable bonds is 3. The first-order chi connectivity index (χ1) is 9.74. The van der Waals surface area contributed by atoms with Crippen molar-refractivity contribution < 1.29 is 9.47 Å². The zero-order valence-electron chi connectivity index (χ0n) is 10.9. The third kappa shape index (κ3) is 2.78. The van der Waals surface area contributed by atoms with Crippen LogP contribution in [0.15, 0.2) is 41.0 Å². The molecule has 5 heteroatoms. The zero-order chi connectivity index (χ0) is 13.9. The van der Waals surface area contributed by atoms with Gasteiger partial charge in [0.1, 0.15) is 13.2 Å². The van der Waals surface area contributed by atoms with Gasteiger partial charge in [-0.15, -0.1) is 0 Å². The van der Waals surface area contributed by atoms with Crippen LogP contribution in [-0.4, -0.2) is 18.2 Å². The van der Waals surface area contributed by atoms with Gasteiger partial charge in [0, 0.05) is 34.4 Å². The Morgan fingerprint density at radius 3 is 2.85 bits per heavy atom. The van der Waals surface area contributed by atoms with Crippen LogP contribution in [0.1, 0.15) is 17.3 Å². The van der Waals surface area contributed by atoms with E-state index in [-0.39, 0.29) is 6.04 Å². The molecule has 0 aliphatic carbocycles. The fourth-order valence-electron chi connectivity index (χ4n) is 2.25. The number of hydrogen-bond donors (Lipinski definition) is 1. The van der Waals surface area contributed by atoms with Crippen LogP contribution in [-0.2, 0) is 6.42 Å². The van der Waals surface area contributed by atoms with Gasteiger partial charge in [0.15, 0.2) is 11.5 Å². The molecule has 1 aromatic heterocycles. The molecule has 0 spiro atoms. The Bertz CT molecular complexity index is 601. The molecule has 1 aromatic carbocycles. The van der Waals surface area contributed by atoms with Crippen molar-refractivity contribution in [2.24, 2.45) is 5.73 Å². The summed E-state index contributed by atoms with van der Waals surface area (Å²) >= 11 is 3.38. The second-order valence-corrected chi connectivity index (χ2v) is 5.57. The quantitative estimate of drug-likeness (QED) is 0.937. The van der Waals surface area contributed by atoms with Crippen molar-refractivity contribution in [3.63, 3.8) is 0 Å². The molecule has 0 saturated carbocycles. The molecular formula is C15H15BrN2O2. The van der Waals surface area contributed by atoms with E-state index in [2.05, 4.69) is 20.9 Å². The Hall–Kier alpha value is -1.59. The first-order valence-corrected chi connectivity index (χ1v) is 7.28. The summed E-state index contributed by atoms with van der Waals surface area (Å²) in [6, 6.07) is 9.60. The van der Waals surface area contributed by atoms with Gasteiger partial charge < -0.3 is 15.2 Å². The van der Waals surface area contributed by atoms with Crippen molar-refractivity contribution in [3.8, 4) is 11.5 Å². The van der Waals surface area contributed by atoms with Crippen LogP contribution in [0.25, 0.3) is 0 Å². The van der Waals surface area contributed by atoms with Crippen molar-refractivity contribution in [1.29, 1.82) is 0 Å². The molecule has 1 aliphatic rings. The van der Waals surface area contributed by atoms with Gasteiger partial charge in [-0.05, 0) is 34.1 Å². The van der Waals surface area contributed by atoms with E-state index in [1.807, 2.05) is 30.3 Å². The number of benzene rings is 1. The maximum Gasteiger partial charge on any atom is 0.166 e. The Labute approximate surface area is 126 Å². The minimum atomic E-state index is -0.166. The van der Waals surface area contributed by atoms with E-state index in [4.69, 9.17) is 15.2 Å². The Morgan fingerprint density at radius 2 is 2.05 bits per heavy atom. The maximum atomic E-state index is 6.30. The van der Waals surface area contributed by atoms with Gasteiger partial charge in [-0.2, -0.15) is 0 Å². The molecular weight excluding hydrogens is 320 g/mol. The Kier molecular flexibility index (Phi) is 3.89. The first kappa shape index (κ1) is 13.4. The average Bonchev–Trinajstić information content (AvgIpc) is 2.49. The lowest BCUT2D eigenvalue weighted by atomic mass is 10.0. The van der Waals surface area contributed by atoms with E-state index in [0.29, 0.717) is 19.6 Å². The molecule has 2 N–H and O–H groups in total. The summed E-state index contributed by atoms with van der Waals surface area (Å²) in [5, 5.41) is 0. The van der Waals surface area contributed by atoms with Gasteiger partial charge >= 0.3 is 0 Å². The zero-order valence-corrected chi connectivity index (χ0v) is 12.5. The third-order valence-electron chi connectivity index (χ3n) is 3.21. The highest BCUT2D eigenvalue weighted by molar-refractivity contribution is 9.10. The SMILES string of the molecule is NC(Cc1ccc(Br)cn1)c1cccc2c1OCCO2. The van der Waals surface area contributed by atoms with Crippen molar-refractivity contribution in [3.05, 3.63) is 52.3 Å².